The van der Waals surface area contributed by atoms with E-state index in [1.165, 1.54) is 26.3 Å². The SMILES string of the molecule is COC(=O)c1ccc2c(C(=Nc3ccc(S(=O)(=O)N(C)OCCN4CCN(C)CC4)cc3)c3ccccc3)c(O)[nH]c2c1. The molecule has 226 valence electrons. The normalized spacial score (nSPS) is 15.3. The predicted molar refractivity (Wildman–Crippen MR) is 164 cm³/mol. The lowest BCUT2D eigenvalue weighted by molar-refractivity contribution is -0.0735. The largest absolute Gasteiger partial charge is 0.494 e. The number of sulfonamides is 1. The molecule has 0 unspecified atom stereocenters. The number of hydrogen-bond donors (Lipinski definition) is 2. The van der Waals surface area contributed by atoms with Crippen molar-refractivity contribution in [2.45, 2.75) is 4.90 Å². The van der Waals surface area contributed by atoms with Crippen molar-refractivity contribution < 1.29 is 27.9 Å². The van der Waals surface area contributed by atoms with Gasteiger partial charge in [0.2, 0.25) is 0 Å². The van der Waals surface area contributed by atoms with E-state index in [4.69, 9.17) is 14.6 Å². The molecular formula is C31H35N5O6S. The van der Waals surface area contributed by atoms with Gasteiger partial charge in [0, 0.05) is 56.2 Å². The first-order chi connectivity index (χ1) is 20.7. The molecule has 0 amide bonds. The molecule has 1 fully saturated rings. The highest BCUT2D eigenvalue weighted by molar-refractivity contribution is 7.89. The molecule has 12 heteroatoms. The van der Waals surface area contributed by atoms with Gasteiger partial charge in [-0.25, -0.2) is 18.2 Å². The molecule has 1 aliphatic rings. The number of esters is 1. The second kappa shape index (κ2) is 13.1. The van der Waals surface area contributed by atoms with Crippen LogP contribution >= 0.6 is 0 Å². The molecule has 0 aliphatic carbocycles. The van der Waals surface area contributed by atoms with Gasteiger partial charge in [-0.15, -0.1) is 0 Å². The van der Waals surface area contributed by atoms with Gasteiger partial charge < -0.3 is 19.7 Å². The summed E-state index contributed by atoms with van der Waals surface area (Å²) in [5.41, 5.74) is 3.01. The van der Waals surface area contributed by atoms with Gasteiger partial charge in [0.25, 0.3) is 10.0 Å². The van der Waals surface area contributed by atoms with Crippen LogP contribution in [0.2, 0.25) is 0 Å². The summed E-state index contributed by atoms with van der Waals surface area (Å²) in [6.07, 6.45) is 0. The van der Waals surface area contributed by atoms with Gasteiger partial charge in [-0.3, -0.25) is 9.74 Å². The number of benzene rings is 3. The lowest BCUT2D eigenvalue weighted by atomic mass is 10.00. The summed E-state index contributed by atoms with van der Waals surface area (Å²) in [7, 11) is 0.899. The summed E-state index contributed by atoms with van der Waals surface area (Å²) in [6.45, 7) is 4.71. The molecule has 4 aromatic rings. The zero-order chi connectivity index (χ0) is 30.6. The van der Waals surface area contributed by atoms with Crippen LogP contribution in [0.1, 0.15) is 21.5 Å². The highest BCUT2D eigenvalue weighted by Gasteiger charge is 2.23. The molecule has 0 radical (unpaired) electrons. The number of nitrogens with zero attached hydrogens (tertiary/aromatic N) is 4. The van der Waals surface area contributed by atoms with E-state index in [1.54, 1.807) is 30.3 Å². The first-order valence-corrected chi connectivity index (χ1v) is 15.3. The Labute approximate surface area is 251 Å². The molecule has 2 heterocycles. The van der Waals surface area contributed by atoms with Crippen LogP contribution in [0, 0.1) is 0 Å². The molecule has 5 rings (SSSR count). The fourth-order valence-corrected chi connectivity index (χ4v) is 5.93. The minimum Gasteiger partial charge on any atom is -0.494 e. The zero-order valence-corrected chi connectivity index (χ0v) is 25.2. The van der Waals surface area contributed by atoms with Crippen LogP contribution in [0.3, 0.4) is 0 Å². The summed E-state index contributed by atoms with van der Waals surface area (Å²) in [5, 5.41) is 11.6. The van der Waals surface area contributed by atoms with Crippen LogP contribution < -0.4 is 0 Å². The Hall–Kier alpha value is -4.07. The maximum Gasteiger partial charge on any atom is 0.337 e. The fraction of sp³-hybridized carbons (Fsp3) is 0.290. The number of fused-ring (bicyclic) bond motifs is 1. The summed E-state index contributed by atoms with van der Waals surface area (Å²) in [6, 6.07) is 20.5. The maximum atomic E-state index is 13.2. The number of hydrogen-bond acceptors (Lipinski definition) is 9. The topological polar surface area (TPSA) is 128 Å². The van der Waals surface area contributed by atoms with E-state index in [2.05, 4.69) is 21.8 Å². The second-order valence-corrected chi connectivity index (χ2v) is 12.2. The van der Waals surface area contributed by atoms with Gasteiger partial charge in [0.05, 0.1) is 41.1 Å². The van der Waals surface area contributed by atoms with Gasteiger partial charge in [0.1, 0.15) is 0 Å². The summed E-state index contributed by atoms with van der Waals surface area (Å²) >= 11 is 0. The average molecular weight is 606 g/mol. The number of hydroxylamine groups is 1. The monoisotopic (exact) mass is 605 g/mol. The third-order valence-electron chi connectivity index (χ3n) is 7.47. The van der Waals surface area contributed by atoms with Crippen LogP contribution in [0.5, 0.6) is 5.88 Å². The van der Waals surface area contributed by atoms with Crippen molar-refractivity contribution in [3.05, 3.63) is 89.5 Å². The summed E-state index contributed by atoms with van der Waals surface area (Å²) < 4.78 is 32.0. The molecule has 43 heavy (non-hydrogen) atoms. The minimum atomic E-state index is -3.89. The summed E-state index contributed by atoms with van der Waals surface area (Å²) in [4.78, 5) is 29.9. The smallest absolute Gasteiger partial charge is 0.337 e. The Morgan fingerprint density at radius 3 is 2.37 bits per heavy atom. The molecule has 1 saturated heterocycles. The van der Waals surface area contributed by atoms with Crippen molar-refractivity contribution in [1.29, 1.82) is 0 Å². The number of carbonyl (C=O) groups is 1. The van der Waals surface area contributed by atoms with Crippen molar-refractivity contribution in [1.82, 2.24) is 19.3 Å². The van der Waals surface area contributed by atoms with E-state index in [0.717, 1.165) is 36.2 Å². The highest BCUT2D eigenvalue weighted by Crippen LogP contribution is 2.32. The van der Waals surface area contributed by atoms with Crippen molar-refractivity contribution in [3.63, 3.8) is 0 Å². The van der Waals surface area contributed by atoms with E-state index >= 15 is 0 Å². The molecule has 1 aliphatic heterocycles. The molecule has 11 nitrogen and oxygen atoms in total. The van der Waals surface area contributed by atoms with Gasteiger partial charge in [-0.1, -0.05) is 40.9 Å². The number of aromatic amines is 1. The van der Waals surface area contributed by atoms with Crippen molar-refractivity contribution >= 4 is 38.3 Å². The van der Waals surface area contributed by atoms with Crippen LogP contribution in [0.4, 0.5) is 5.69 Å². The van der Waals surface area contributed by atoms with Crippen molar-refractivity contribution in [3.8, 4) is 5.88 Å². The van der Waals surface area contributed by atoms with E-state index < -0.39 is 16.0 Å². The molecule has 0 bridgehead atoms. The molecule has 3 aromatic carbocycles. The predicted octanol–water partition coefficient (Wildman–Crippen LogP) is 3.63. The number of aromatic hydroxyl groups is 1. The van der Waals surface area contributed by atoms with E-state index in [-0.39, 0.29) is 17.4 Å². The average Bonchev–Trinajstić information content (AvgIpc) is 3.35. The van der Waals surface area contributed by atoms with Crippen LogP contribution in [0.15, 0.2) is 82.7 Å². The Bertz CT molecular complexity index is 1710. The van der Waals surface area contributed by atoms with E-state index in [0.29, 0.717) is 40.0 Å². The minimum absolute atomic E-state index is 0.0695. The van der Waals surface area contributed by atoms with Gasteiger partial charge in [-0.05, 0) is 43.4 Å². The Balaban J connectivity index is 1.39. The van der Waals surface area contributed by atoms with Crippen LogP contribution in [0.25, 0.3) is 10.9 Å². The Morgan fingerprint density at radius 1 is 1.00 bits per heavy atom. The fourth-order valence-electron chi connectivity index (χ4n) is 4.94. The third-order valence-corrected chi connectivity index (χ3v) is 9.12. The van der Waals surface area contributed by atoms with Gasteiger partial charge in [-0.2, -0.15) is 0 Å². The summed E-state index contributed by atoms with van der Waals surface area (Å²) in [5.74, 6) is -0.607. The van der Waals surface area contributed by atoms with Crippen molar-refractivity contribution in [2.24, 2.45) is 4.99 Å². The molecule has 1 aromatic heterocycles. The zero-order valence-electron chi connectivity index (χ0n) is 24.4. The molecule has 0 atom stereocenters. The number of H-pyrrole nitrogens is 1. The Kier molecular flexibility index (Phi) is 9.23. The quantitative estimate of drug-likeness (QED) is 0.159. The second-order valence-electron chi connectivity index (χ2n) is 10.3. The number of rotatable bonds is 10. The van der Waals surface area contributed by atoms with E-state index in [1.807, 2.05) is 30.3 Å². The first-order valence-electron chi connectivity index (χ1n) is 13.9. The molecule has 0 saturated carbocycles. The number of methoxy groups -OCH3 is 1. The molecule has 2 N–H and O–H groups in total. The number of likely N-dealkylation sites (N-methyl/N-ethyl adjacent to an activating group) is 1. The number of nitrogens with one attached hydrogen (secondary N) is 1. The maximum absolute atomic E-state index is 13.2. The van der Waals surface area contributed by atoms with E-state index in [9.17, 15) is 18.3 Å². The number of carbonyl (C=O) groups excluding carboxylic acids is 1. The lowest BCUT2D eigenvalue weighted by Gasteiger charge is -2.32. The van der Waals surface area contributed by atoms with Crippen LogP contribution in [-0.2, 0) is 19.6 Å². The lowest BCUT2D eigenvalue weighted by Crippen LogP contribution is -2.46. The van der Waals surface area contributed by atoms with Gasteiger partial charge in [0.15, 0.2) is 5.88 Å². The number of aromatic nitrogens is 1. The first kappa shape index (κ1) is 30.4. The number of aliphatic imine (C=N–C) groups is 1. The van der Waals surface area contributed by atoms with Gasteiger partial charge >= 0.3 is 5.97 Å². The Morgan fingerprint density at radius 2 is 1.70 bits per heavy atom. The number of piperazine rings is 1. The third kappa shape index (κ3) is 6.79. The van der Waals surface area contributed by atoms with Crippen LogP contribution in [-0.4, -0.2) is 105 Å². The standard InChI is InChI=1S/C31H35N5O6S/c1-34-15-17-36(18-16-34)19-20-42-35(2)43(39,40)25-12-10-24(11-13-25)32-29(22-7-5-4-6-8-22)28-26-14-9-23(31(38)41-3)21-27(26)33-30(28)37/h4-14,21,33,37H,15-20H2,1-3H3. The van der Waals surface area contributed by atoms with Crippen molar-refractivity contribution in [2.75, 3.05) is 60.5 Å². The molecular weight excluding hydrogens is 570 g/mol. The number of ether oxygens (including phenoxy) is 1. The molecule has 0 spiro atoms. The highest BCUT2D eigenvalue weighted by atomic mass is 32.2.